The number of benzene rings is 2. The van der Waals surface area contributed by atoms with Crippen molar-refractivity contribution in [2.45, 2.75) is 37.3 Å². The molecule has 2 atom stereocenters. The quantitative estimate of drug-likeness (QED) is 0.705. The zero-order chi connectivity index (χ0) is 24.1. The molecule has 2 saturated heterocycles. The molecular formula is C26H28N2O6. The van der Waals surface area contributed by atoms with Gasteiger partial charge in [-0.25, -0.2) is 9.59 Å². The van der Waals surface area contributed by atoms with Gasteiger partial charge in [-0.05, 0) is 42.5 Å². The number of rotatable bonds is 5. The van der Waals surface area contributed by atoms with Gasteiger partial charge in [0.15, 0.2) is 5.60 Å². The van der Waals surface area contributed by atoms with E-state index < -0.39 is 23.2 Å². The third kappa shape index (κ3) is 3.53. The van der Waals surface area contributed by atoms with Crippen LogP contribution in [0.2, 0.25) is 0 Å². The van der Waals surface area contributed by atoms with Crippen molar-refractivity contribution in [3.8, 4) is 11.1 Å². The largest absolute Gasteiger partial charge is 0.479 e. The second-order valence-electron chi connectivity index (χ2n) is 9.79. The van der Waals surface area contributed by atoms with Crippen LogP contribution in [0.3, 0.4) is 0 Å². The molecule has 2 unspecified atom stereocenters. The minimum absolute atomic E-state index is 0.0262. The van der Waals surface area contributed by atoms with E-state index in [0.717, 1.165) is 22.3 Å². The Kier molecular flexibility index (Phi) is 5.36. The van der Waals surface area contributed by atoms with E-state index in [2.05, 4.69) is 17.4 Å². The van der Waals surface area contributed by atoms with Crippen LogP contribution in [0.15, 0.2) is 48.5 Å². The van der Waals surface area contributed by atoms with E-state index in [4.69, 9.17) is 9.47 Å². The third-order valence-electron chi connectivity index (χ3n) is 7.29. The summed E-state index contributed by atoms with van der Waals surface area (Å²) in [6, 6.07) is 16.1. The number of carboxylic acids is 1. The first-order chi connectivity index (χ1) is 16.2. The monoisotopic (exact) mass is 464 g/mol. The van der Waals surface area contributed by atoms with Gasteiger partial charge in [0.05, 0.1) is 6.54 Å². The van der Waals surface area contributed by atoms with Crippen molar-refractivity contribution in [2.24, 2.45) is 5.92 Å². The molecule has 5 rings (SSSR count). The number of ether oxygens (including phenoxy) is 2. The number of hydrogen-bond donors (Lipinski definition) is 2. The fourth-order valence-corrected chi connectivity index (χ4v) is 5.56. The van der Waals surface area contributed by atoms with Crippen LogP contribution < -0.4 is 5.32 Å². The maximum absolute atomic E-state index is 13.2. The lowest BCUT2D eigenvalue weighted by atomic mass is 9.91. The normalized spacial score (nSPS) is 23.2. The first-order valence-electron chi connectivity index (χ1n) is 11.5. The van der Waals surface area contributed by atoms with Gasteiger partial charge in [-0.3, -0.25) is 4.79 Å². The second kappa shape index (κ2) is 8.13. The van der Waals surface area contributed by atoms with E-state index >= 15 is 0 Å². The van der Waals surface area contributed by atoms with Crippen LogP contribution >= 0.6 is 0 Å². The maximum Gasteiger partial charge on any atom is 0.408 e. The zero-order valence-electron chi connectivity index (χ0n) is 19.2. The average Bonchev–Trinajstić information content (AvgIpc) is 3.47. The molecule has 2 heterocycles. The van der Waals surface area contributed by atoms with E-state index in [-0.39, 0.29) is 30.9 Å². The van der Waals surface area contributed by atoms with Gasteiger partial charge in [0.25, 0.3) is 0 Å². The van der Waals surface area contributed by atoms with Gasteiger partial charge in [0.2, 0.25) is 5.91 Å². The first-order valence-corrected chi connectivity index (χ1v) is 11.5. The standard InChI is InChI=1S/C26H28N2O6/c1-25(2,22(29)28-13-16-11-12-34-26(16,15-28)23(30)31)27-24(32)33-14-21-19-9-5-3-7-17(19)18-8-4-6-10-20(18)21/h3-10,16,21H,11-15H2,1-2H3,(H,27,32)(H,30,31). The minimum atomic E-state index is -1.35. The summed E-state index contributed by atoms with van der Waals surface area (Å²) >= 11 is 0. The topological polar surface area (TPSA) is 105 Å². The fourth-order valence-electron chi connectivity index (χ4n) is 5.56. The summed E-state index contributed by atoms with van der Waals surface area (Å²) in [4.78, 5) is 39.2. The molecule has 8 heteroatoms. The summed E-state index contributed by atoms with van der Waals surface area (Å²) in [6.07, 6.45) is -0.0974. The first kappa shape index (κ1) is 22.4. The summed E-state index contributed by atoms with van der Waals surface area (Å²) in [6.45, 7) is 3.98. The molecule has 2 aromatic rings. The van der Waals surface area contributed by atoms with Gasteiger partial charge in [0, 0.05) is 25.0 Å². The van der Waals surface area contributed by atoms with Crippen molar-refractivity contribution >= 4 is 18.0 Å². The van der Waals surface area contributed by atoms with E-state index in [1.165, 1.54) is 4.90 Å². The highest BCUT2D eigenvalue weighted by Crippen LogP contribution is 2.44. The number of carbonyl (C=O) groups is 3. The number of aliphatic carboxylic acids is 1. The van der Waals surface area contributed by atoms with Crippen LogP contribution in [-0.2, 0) is 19.1 Å². The fraction of sp³-hybridized carbons (Fsp3) is 0.423. The van der Waals surface area contributed by atoms with Crippen LogP contribution in [0.4, 0.5) is 4.79 Å². The Labute approximate surface area is 197 Å². The van der Waals surface area contributed by atoms with E-state index in [1.807, 2.05) is 36.4 Å². The van der Waals surface area contributed by atoms with Crippen LogP contribution in [-0.4, -0.2) is 65.4 Å². The van der Waals surface area contributed by atoms with Crippen LogP contribution in [0.5, 0.6) is 0 Å². The van der Waals surface area contributed by atoms with Crippen LogP contribution in [0, 0.1) is 5.92 Å². The summed E-state index contributed by atoms with van der Waals surface area (Å²) in [7, 11) is 0. The number of nitrogens with zero attached hydrogens (tertiary/aromatic N) is 1. The summed E-state index contributed by atoms with van der Waals surface area (Å²) in [5.41, 5.74) is 1.87. The van der Waals surface area contributed by atoms with Crippen molar-refractivity contribution in [3.63, 3.8) is 0 Å². The summed E-state index contributed by atoms with van der Waals surface area (Å²) in [5, 5.41) is 12.4. The molecule has 0 radical (unpaired) electrons. The van der Waals surface area contributed by atoms with E-state index in [0.29, 0.717) is 19.6 Å². The number of hydrogen-bond acceptors (Lipinski definition) is 5. The Morgan fingerprint density at radius 2 is 1.74 bits per heavy atom. The number of alkyl carbamates (subject to hydrolysis) is 1. The lowest BCUT2D eigenvalue weighted by Gasteiger charge is -2.31. The Hall–Kier alpha value is -3.39. The second-order valence-corrected chi connectivity index (χ2v) is 9.79. The molecule has 0 saturated carbocycles. The predicted octanol–water partition coefficient (Wildman–Crippen LogP) is 3.01. The van der Waals surface area contributed by atoms with Crippen molar-refractivity contribution in [3.05, 3.63) is 59.7 Å². The van der Waals surface area contributed by atoms with E-state index in [9.17, 15) is 19.5 Å². The number of fused-ring (bicyclic) bond motifs is 4. The molecule has 2 aliphatic heterocycles. The molecule has 2 aromatic carbocycles. The van der Waals surface area contributed by atoms with Gasteiger partial charge in [0.1, 0.15) is 12.1 Å². The predicted molar refractivity (Wildman–Crippen MR) is 123 cm³/mol. The third-order valence-corrected chi connectivity index (χ3v) is 7.29. The molecule has 3 aliphatic rings. The molecule has 178 valence electrons. The number of carbonyl (C=O) groups excluding carboxylic acids is 2. The zero-order valence-corrected chi connectivity index (χ0v) is 19.2. The highest BCUT2D eigenvalue weighted by atomic mass is 16.5. The van der Waals surface area contributed by atoms with Gasteiger partial charge in [-0.2, -0.15) is 0 Å². The summed E-state index contributed by atoms with van der Waals surface area (Å²) in [5.74, 6) is -1.74. The average molecular weight is 465 g/mol. The summed E-state index contributed by atoms with van der Waals surface area (Å²) < 4.78 is 11.1. The highest BCUT2D eigenvalue weighted by molar-refractivity contribution is 5.91. The molecule has 0 spiro atoms. The van der Waals surface area contributed by atoms with Crippen molar-refractivity contribution in [1.82, 2.24) is 10.2 Å². The SMILES string of the molecule is CC(C)(NC(=O)OCC1c2ccccc2-c2ccccc21)C(=O)N1CC2CCOC2(C(=O)O)C1. The van der Waals surface area contributed by atoms with E-state index in [1.54, 1.807) is 13.8 Å². The van der Waals surface area contributed by atoms with Crippen molar-refractivity contribution < 1.29 is 29.0 Å². The lowest BCUT2D eigenvalue weighted by Crippen LogP contribution is -2.56. The highest BCUT2D eigenvalue weighted by Gasteiger charge is 2.58. The molecule has 8 nitrogen and oxygen atoms in total. The number of carboxylic acid groups (broad SMARTS) is 1. The molecule has 0 bridgehead atoms. The Morgan fingerprint density at radius 1 is 1.12 bits per heavy atom. The molecule has 2 N–H and O–H groups in total. The molecule has 1 aliphatic carbocycles. The van der Waals surface area contributed by atoms with Crippen LogP contribution in [0.1, 0.15) is 37.3 Å². The molecule has 34 heavy (non-hydrogen) atoms. The van der Waals surface area contributed by atoms with Gasteiger partial charge >= 0.3 is 12.1 Å². The molecule has 2 amide bonds. The molecule has 2 fully saturated rings. The van der Waals surface area contributed by atoms with Gasteiger partial charge < -0.3 is 24.8 Å². The Morgan fingerprint density at radius 3 is 2.32 bits per heavy atom. The number of nitrogens with one attached hydrogen (secondary N) is 1. The van der Waals surface area contributed by atoms with Crippen LogP contribution in [0.25, 0.3) is 11.1 Å². The van der Waals surface area contributed by atoms with Gasteiger partial charge in [-0.1, -0.05) is 48.5 Å². The maximum atomic E-state index is 13.2. The molecular weight excluding hydrogens is 436 g/mol. The van der Waals surface area contributed by atoms with Crippen molar-refractivity contribution in [2.75, 3.05) is 26.3 Å². The lowest BCUT2D eigenvalue weighted by molar-refractivity contribution is -0.161. The Balaban J connectivity index is 1.24. The van der Waals surface area contributed by atoms with Gasteiger partial charge in [-0.15, -0.1) is 0 Å². The van der Waals surface area contributed by atoms with Crippen molar-refractivity contribution in [1.29, 1.82) is 0 Å². The smallest absolute Gasteiger partial charge is 0.408 e. The minimum Gasteiger partial charge on any atom is -0.479 e. The Bertz CT molecular complexity index is 1120. The molecule has 0 aromatic heterocycles. The number of amides is 2. The number of likely N-dealkylation sites (tertiary alicyclic amines) is 1.